The summed E-state index contributed by atoms with van der Waals surface area (Å²) in [5.41, 5.74) is 0.838. The molecule has 2 aromatic rings. The van der Waals surface area contributed by atoms with Gasteiger partial charge in [-0.3, -0.25) is 9.10 Å². The third-order valence-electron chi connectivity index (χ3n) is 3.48. The molecular formula is C16H21N3O5S. The lowest BCUT2D eigenvalue weighted by atomic mass is 10.2. The van der Waals surface area contributed by atoms with Crippen molar-refractivity contribution in [2.45, 2.75) is 19.9 Å². The SMILES string of the molecule is COc1ccccc1CNC(=O)CCN(c1cc(C)on1)S(C)(=O)=O. The molecule has 9 heteroatoms. The zero-order chi connectivity index (χ0) is 18.4. The van der Waals surface area contributed by atoms with Crippen molar-refractivity contribution in [3.05, 3.63) is 41.7 Å². The van der Waals surface area contributed by atoms with Gasteiger partial charge in [-0.25, -0.2) is 8.42 Å². The predicted octanol–water partition coefficient (Wildman–Crippen LogP) is 1.46. The van der Waals surface area contributed by atoms with Gasteiger partial charge in [0.05, 0.1) is 13.4 Å². The van der Waals surface area contributed by atoms with Crippen LogP contribution in [0.4, 0.5) is 5.82 Å². The molecule has 1 aromatic carbocycles. The monoisotopic (exact) mass is 367 g/mol. The number of methoxy groups -OCH3 is 1. The number of hydrogen-bond acceptors (Lipinski definition) is 6. The van der Waals surface area contributed by atoms with Gasteiger partial charge in [0, 0.05) is 31.1 Å². The molecule has 0 unspecified atom stereocenters. The predicted molar refractivity (Wildman–Crippen MR) is 92.9 cm³/mol. The van der Waals surface area contributed by atoms with E-state index in [4.69, 9.17) is 9.26 Å². The Kier molecular flexibility index (Phi) is 6.02. The van der Waals surface area contributed by atoms with E-state index in [0.29, 0.717) is 18.1 Å². The summed E-state index contributed by atoms with van der Waals surface area (Å²) in [5.74, 6) is 1.06. The fourth-order valence-corrected chi connectivity index (χ4v) is 3.10. The Bertz CT molecular complexity index is 832. The van der Waals surface area contributed by atoms with Crippen LogP contribution in [0.1, 0.15) is 17.7 Å². The zero-order valence-corrected chi connectivity index (χ0v) is 15.2. The molecule has 1 N–H and O–H groups in total. The van der Waals surface area contributed by atoms with Crippen LogP contribution in [0.3, 0.4) is 0 Å². The number of aryl methyl sites for hydroxylation is 1. The van der Waals surface area contributed by atoms with Crippen molar-refractivity contribution >= 4 is 21.7 Å². The Balaban J connectivity index is 1.95. The second kappa shape index (κ2) is 8.02. The zero-order valence-electron chi connectivity index (χ0n) is 14.4. The number of aromatic nitrogens is 1. The standard InChI is InChI=1S/C16H21N3O5S/c1-12-10-15(18-24-12)19(25(3,21)22)9-8-16(20)17-11-13-6-4-5-7-14(13)23-2/h4-7,10H,8-9,11H2,1-3H3,(H,17,20). The van der Waals surface area contributed by atoms with E-state index in [2.05, 4.69) is 10.5 Å². The third-order valence-corrected chi connectivity index (χ3v) is 4.65. The van der Waals surface area contributed by atoms with Gasteiger partial charge in [0.15, 0.2) is 5.82 Å². The second-order valence-corrected chi connectivity index (χ2v) is 7.38. The molecule has 136 valence electrons. The van der Waals surface area contributed by atoms with E-state index in [0.717, 1.165) is 16.1 Å². The van der Waals surface area contributed by atoms with E-state index in [1.54, 1.807) is 20.1 Å². The first-order valence-electron chi connectivity index (χ1n) is 7.61. The number of hydrogen-bond donors (Lipinski definition) is 1. The normalized spacial score (nSPS) is 11.2. The maximum absolute atomic E-state index is 12.1. The van der Waals surface area contributed by atoms with Gasteiger partial charge in [0.1, 0.15) is 11.5 Å². The summed E-state index contributed by atoms with van der Waals surface area (Å²) in [5, 5.41) is 6.45. The maximum atomic E-state index is 12.1. The molecule has 0 saturated carbocycles. The molecule has 1 heterocycles. The van der Waals surface area contributed by atoms with E-state index < -0.39 is 10.0 Å². The summed E-state index contributed by atoms with van der Waals surface area (Å²) < 4.78 is 35.0. The lowest BCUT2D eigenvalue weighted by Gasteiger charge is -2.18. The van der Waals surface area contributed by atoms with Gasteiger partial charge < -0.3 is 14.6 Å². The lowest BCUT2D eigenvalue weighted by Crippen LogP contribution is -2.34. The van der Waals surface area contributed by atoms with Gasteiger partial charge in [-0.1, -0.05) is 23.4 Å². The smallest absolute Gasteiger partial charge is 0.233 e. The second-order valence-electron chi connectivity index (χ2n) is 5.47. The number of amides is 1. The summed E-state index contributed by atoms with van der Waals surface area (Å²) in [4.78, 5) is 12.1. The molecule has 0 saturated heterocycles. The highest BCUT2D eigenvalue weighted by molar-refractivity contribution is 7.92. The first-order valence-corrected chi connectivity index (χ1v) is 9.45. The molecule has 1 amide bonds. The number of anilines is 1. The van der Waals surface area contributed by atoms with Crippen LogP contribution in [0, 0.1) is 6.92 Å². The average molecular weight is 367 g/mol. The van der Waals surface area contributed by atoms with Crippen LogP contribution < -0.4 is 14.4 Å². The van der Waals surface area contributed by atoms with Crippen LogP contribution >= 0.6 is 0 Å². The first-order chi connectivity index (χ1) is 11.8. The van der Waals surface area contributed by atoms with Crippen LogP contribution in [0.2, 0.25) is 0 Å². The highest BCUT2D eigenvalue weighted by Crippen LogP contribution is 2.18. The Labute approximate surface area is 146 Å². The minimum atomic E-state index is -3.57. The summed E-state index contributed by atoms with van der Waals surface area (Å²) in [7, 11) is -2.01. The van der Waals surface area contributed by atoms with Crippen molar-refractivity contribution < 1.29 is 22.5 Å². The number of rotatable bonds is 8. The van der Waals surface area contributed by atoms with E-state index in [-0.39, 0.29) is 24.7 Å². The number of para-hydroxylation sites is 1. The molecule has 0 bridgehead atoms. The van der Waals surface area contributed by atoms with E-state index in [1.165, 1.54) is 6.07 Å². The van der Waals surface area contributed by atoms with Crippen LogP contribution in [-0.2, 0) is 21.4 Å². The molecule has 0 atom stereocenters. The number of carbonyl (C=O) groups excluding carboxylic acids is 1. The summed E-state index contributed by atoms with van der Waals surface area (Å²) in [6.45, 7) is 1.93. The quantitative estimate of drug-likeness (QED) is 0.758. The summed E-state index contributed by atoms with van der Waals surface area (Å²) >= 11 is 0. The van der Waals surface area contributed by atoms with Crippen molar-refractivity contribution in [2.24, 2.45) is 0 Å². The van der Waals surface area contributed by atoms with E-state index in [1.807, 2.05) is 18.2 Å². The molecule has 25 heavy (non-hydrogen) atoms. The minimum absolute atomic E-state index is 0.00583. The molecule has 0 spiro atoms. The molecule has 8 nitrogen and oxygen atoms in total. The van der Waals surface area contributed by atoms with Crippen molar-refractivity contribution in [1.29, 1.82) is 0 Å². The minimum Gasteiger partial charge on any atom is -0.496 e. The molecule has 0 aliphatic carbocycles. The number of nitrogens with one attached hydrogen (secondary N) is 1. The van der Waals surface area contributed by atoms with Crippen molar-refractivity contribution in [3.63, 3.8) is 0 Å². The topological polar surface area (TPSA) is 102 Å². The number of nitrogens with zero attached hydrogens (tertiary/aromatic N) is 2. The highest BCUT2D eigenvalue weighted by Gasteiger charge is 2.21. The Morgan fingerprint density at radius 3 is 2.68 bits per heavy atom. The lowest BCUT2D eigenvalue weighted by molar-refractivity contribution is -0.121. The van der Waals surface area contributed by atoms with Crippen molar-refractivity contribution in [1.82, 2.24) is 10.5 Å². The fraction of sp³-hybridized carbons (Fsp3) is 0.375. The molecule has 0 fully saturated rings. The van der Waals surface area contributed by atoms with E-state index >= 15 is 0 Å². The number of ether oxygens (including phenoxy) is 1. The largest absolute Gasteiger partial charge is 0.496 e. The number of sulfonamides is 1. The van der Waals surface area contributed by atoms with Crippen LogP contribution in [0.5, 0.6) is 5.75 Å². The van der Waals surface area contributed by atoms with Gasteiger partial charge in [-0.05, 0) is 13.0 Å². The van der Waals surface area contributed by atoms with Gasteiger partial charge in [-0.15, -0.1) is 0 Å². The Morgan fingerprint density at radius 2 is 2.08 bits per heavy atom. The Hall–Kier alpha value is -2.55. The van der Waals surface area contributed by atoms with Crippen LogP contribution in [0.15, 0.2) is 34.9 Å². The molecule has 0 aliphatic heterocycles. The average Bonchev–Trinajstić information content (AvgIpc) is 2.98. The maximum Gasteiger partial charge on any atom is 0.233 e. The third kappa shape index (κ3) is 5.21. The molecular weight excluding hydrogens is 346 g/mol. The molecule has 2 rings (SSSR count). The first kappa shape index (κ1) is 18.8. The van der Waals surface area contributed by atoms with Crippen LogP contribution in [-0.4, -0.2) is 39.4 Å². The highest BCUT2D eigenvalue weighted by atomic mass is 32.2. The van der Waals surface area contributed by atoms with Gasteiger partial charge in [0.2, 0.25) is 15.9 Å². The van der Waals surface area contributed by atoms with Gasteiger partial charge >= 0.3 is 0 Å². The van der Waals surface area contributed by atoms with Crippen LogP contribution in [0.25, 0.3) is 0 Å². The number of carbonyl (C=O) groups is 1. The van der Waals surface area contributed by atoms with Crippen molar-refractivity contribution in [2.75, 3.05) is 24.2 Å². The molecule has 0 radical (unpaired) electrons. The summed E-state index contributed by atoms with van der Waals surface area (Å²) in [6.07, 6.45) is 1.05. The fourth-order valence-electron chi connectivity index (χ4n) is 2.26. The molecule has 1 aromatic heterocycles. The summed E-state index contributed by atoms with van der Waals surface area (Å²) in [6, 6.07) is 8.85. The van der Waals surface area contributed by atoms with E-state index in [9.17, 15) is 13.2 Å². The van der Waals surface area contributed by atoms with Crippen molar-refractivity contribution in [3.8, 4) is 5.75 Å². The Morgan fingerprint density at radius 1 is 1.36 bits per heavy atom. The number of benzene rings is 1. The molecule has 0 aliphatic rings. The van der Waals surface area contributed by atoms with Gasteiger partial charge in [0.25, 0.3) is 0 Å². The van der Waals surface area contributed by atoms with Gasteiger partial charge in [-0.2, -0.15) is 0 Å².